The number of aliphatic hydroxyl groups is 1. The molecule has 0 atom stereocenters. The van der Waals surface area contributed by atoms with Gasteiger partial charge in [-0.05, 0) is 41.5 Å². The fourth-order valence-corrected chi connectivity index (χ4v) is 2.46. The highest BCUT2D eigenvalue weighted by Gasteiger charge is 2.27. The van der Waals surface area contributed by atoms with Crippen LogP contribution in [0.15, 0.2) is 54.1 Å². The van der Waals surface area contributed by atoms with Crippen molar-refractivity contribution in [2.45, 2.75) is 13.0 Å². The number of benzene rings is 2. The number of carbonyl (C=O) groups is 3. The van der Waals surface area contributed by atoms with Gasteiger partial charge in [-0.2, -0.15) is 0 Å². The minimum atomic E-state index is -1.39. The summed E-state index contributed by atoms with van der Waals surface area (Å²) in [6.07, 6.45) is 0.00831. The van der Waals surface area contributed by atoms with E-state index >= 15 is 0 Å². The van der Waals surface area contributed by atoms with Gasteiger partial charge in [-0.3, -0.25) is 9.59 Å². The minimum absolute atomic E-state index is 0.112. The largest absolute Gasteiger partial charge is 0.489 e. The molecule has 1 fully saturated rings. The van der Waals surface area contributed by atoms with Gasteiger partial charge in [0.1, 0.15) is 17.9 Å². The van der Waals surface area contributed by atoms with E-state index in [1.165, 1.54) is 18.2 Å². The number of nitrogens with one attached hydrogen (secondary N) is 2. The molecule has 1 heterocycles. The fourth-order valence-electron chi connectivity index (χ4n) is 2.46. The maximum Gasteiger partial charge on any atom is 0.335 e. The second kappa shape index (κ2) is 7.71. The van der Waals surface area contributed by atoms with Crippen LogP contribution in [0.25, 0.3) is 6.08 Å². The SMILES string of the molecule is O=C1NC(O)NC(=O)C1=Cc1ccc(OCc2cccc(C(=O)O)c2)cc1. The second-order valence-electron chi connectivity index (χ2n) is 5.77. The van der Waals surface area contributed by atoms with Crippen LogP contribution >= 0.6 is 0 Å². The molecule has 27 heavy (non-hydrogen) atoms. The third-order valence-electron chi connectivity index (χ3n) is 3.80. The molecule has 1 saturated heterocycles. The molecule has 2 amide bonds. The number of carboxylic acids is 1. The zero-order valence-corrected chi connectivity index (χ0v) is 14.0. The zero-order chi connectivity index (χ0) is 19.4. The number of rotatable bonds is 5. The van der Waals surface area contributed by atoms with Crippen LogP contribution in [0.4, 0.5) is 0 Å². The van der Waals surface area contributed by atoms with Gasteiger partial charge < -0.3 is 25.6 Å². The van der Waals surface area contributed by atoms with Gasteiger partial charge in [-0.15, -0.1) is 0 Å². The average Bonchev–Trinajstić information content (AvgIpc) is 2.64. The van der Waals surface area contributed by atoms with Crippen molar-refractivity contribution in [3.8, 4) is 5.75 Å². The molecule has 8 heteroatoms. The summed E-state index contributed by atoms with van der Waals surface area (Å²) in [6.45, 7) is 0.199. The van der Waals surface area contributed by atoms with Crippen LogP contribution in [0.1, 0.15) is 21.5 Å². The summed E-state index contributed by atoms with van der Waals surface area (Å²) >= 11 is 0. The standard InChI is InChI=1S/C19H16N2O6/c22-16-15(17(23)21-19(26)20-16)9-11-4-6-14(7-5-11)27-10-12-2-1-3-13(8-12)18(24)25/h1-9,19,26H,10H2,(H,20,22)(H,21,23)(H,24,25). The molecule has 0 aromatic heterocycles. The quantitative estimate of drug-likeness (QED) is 0.458. The lowest BCUT2D eigenvalue weighted by Crippen LogP contribution is -2.55. The first kappa shape index (κ1) is 18.2. The third-order valence-corrected chi connectivity index (χ3v) is 3.80. The lowest BCUT2D eigenvalue weighted by Gasteiger charge is -2.21. The molecule has 4 N–H and O–H groups in total. The average molecular weight is 368 g/mol. The molecule has 138 valence electrons. The van der Waals surface area contributed by atoms with Crippen LogP contribution < -0.4 is 15.4 Å². The smallest absolute Gasteiger partial charge is 0.335 e. The normalized spacial score (nSPS) is 16.3. The number of amides is 2. The van der Waals surface area contributed by atoms with Gasteiger partial charge in [-0.25, -0.2) is 4.79 Å². The van der Waals surface area contributed by atoms with E-state index in [2.05, 4.69) is 10.6 Å². The molecule has 0 bridgehead atoms. The first-order valence-corrected chi connectivity index (χ1v) is 7.99. The topological polar surface area (TPSA) is 125 Å². The highest BCUT2D eigenvalue weighted by molar-refractivity contribution is 6.23. The molecule has 0 unspecified atom stereocenters. The molecule has 0 radical (unpaired) electrons. The molecule has 1 aliphatic rings. The summed E-state index contributed by atoms with van der Waals surface area (Å²) in [6, 6.07) is 13.1. The maximum atomic E-state index is 11.8. The van der Waals surface area contributed by atoms with Crippen LogP contribution in [-0.2, 0) is 16.2 Å². The number of aromatic carboxylic acids is 1. The third kappa shape index (κ3) is 4.50. The number of hydrogen-bond donors (Lipinski definition) is 4. The summed E-state index contributed by atoms with van der Waals surface area (Å²) in [4.78, 5) is 34.5. The van der Waals surface area contributed by atoms with E-state index < -0.39 is 24.1 Å². The van der Waals surface area contributed by atoms with Gasteiger partial charge in [0.15, 0.2) is 0 Å². The molecule has 8 nitrogen and oxygen atoms in total. The van der Waals surface area contributed by atoms with Gasteiger partial charge in [0.25, 0.3) is 11.8 Å². The first-order valence-electron chi connectivity index (χ1n) is 7.99. The highest BCUT2D eigenvalue weighted by Crippen LogP contribution is 2.17. The van der Waals surface area contributed by atoms with E-state index in [1.54, 1.807) is 36.4 Å². The van der Waals surface area contributed by atoms with Crippen molar-refractivity contribution in [2.75, 3.05) is 0 Å². The monoisotopic (exact) mass is 368 g/mol. The van der Waals surface area contributed by atoms with Crippen molar-refractivity contribution in [3.05, 3.63) is 70.8 Å². The first-order chi connectivity index (χ1) is 12.9. The van der Waals surface area contributed by atoms with Crippen molar-refractivity contribution in [3.63, 3.8) is 0 Å². The number of carboxylic acid groups (broad SMARTS) is 1. The van der Waals surface area contributed by atoms with Crippen molar-refractivity contribution < 1.29 is 29.3 Å². The fraction of sp³-hybridized carbons (Fsp3) is 0.105. The Morgan fingerprint density at radius 1 is 1.07 bits per heavy atom. The van der Waals surface area contributed by atoms with Gasteiger partial charge in [0.05, 0.1) is 5.56 Å². The predicted octanol–water partition coefficient (Wildman–Crippen LogP) is 0.869. The van der Waals surface area contributed by atoms with Crippen molar-refractivity contribution in [1.29, 1.82) is 0 Å². The highest BCUT2D eigenvalue weighted by atomic mass is 16.5. The van der Waals surface area contributed by atoms with E-state index in [-0.39, 0.29) is 17.7 Å². The van der Waals surface area contributed by atoms with E-state index in [0.717, 1.165) is 5.56 Å². The Hall–Kier alpha value is -3.65. The number of aliphatic hydroxyl groups excluding tert-OH is 1. The summed E-state index contributed by atoms with van der Waals surface area (Å²) in [7, 11) is 0. The summed E-state index contributed by atoms with van der Waals surface area (Å²) in [5.74, 6) is -1.78. The molecular weight excluding hydrogens is 352 g/mol. The van der Waals surface area contributed by atoms with Crippen LogP contribution in [0.2, 0.25) is 0 Å². The second-order valence-corrected chi connectivity index (χ2v) is 5.77. The van der Waals surface area contributed by atoms with Gasteiger partial charge in [0.2, 0.25) is 6.35 Å². The molecule has 0 spiro atoms. The molecule has 2 aromatic carbocycles. The van der Waals surface area contributed by atoms with Crippen LogP contribution in [-0.4, -0.2) is 34.3 Å². The maximum absolute atomic E-state index is 11.8. The minimum Gasteiger partial charge on any atom is -0.489 e. The van der Waals surface area contributed by atoms with E-state index in [1.807, 2.05) is 0 Å². The molecule has 1 aliphatic heterocycles. The van der Waals surface area contributed by atoms with E-state index in [9.17, 15) is 19.5 Å². The molecule has 2 aromatic rings. The Bertz CT molecular complexity index is 900. The Labute approximate surface area is 154 Å². The number of ether oxygens (including phenoxy) is 1. The van der Waals surface area contributed by atoms with Gasteiger partial charge in [-0.1, -0.05) is 24.3 Å². The van der Waals surface area contributed by atoms with Gasteiger partial charge in [0, 0.05) is 0 Å². The lowest BCUT2D eigenvalue weighted by atomic mass is 10.1. The Balaban J connectivity index is 1.66. The van der Waals surface area contributed by atoms with Crippen molar-refractivity contribution >= 4 is 23.9 Å². The molecular formula is C19H16N2O6. The summed E-state index contributed by atoms with van der Waals surface area (Å²) in [5.41, 5.74) is 1.40. The Kier molecular flexibility index (Phi) is 5.18. The number of hydrogen-bond acceptors (Lipinski definition) is 5. The molecule has 3 rings (SSSR count). The molecule has 0 aliphatic carbocycles. The van der Waals surface area contributed by atoms with Crippen molar-refractivity contribution in [2.24, 2.45) is 0 Å². The Morgan fingerprint density at radius 3 is 2.37 bits per heavy atom. The number of carbonyl (C=O) groups excluding carboxylic acids is 2. The van der Waals surface area contributed by atoms with Gasteiger partial charge >= 0.3 is 5.97 Å². The summed E-state index contributed by atoms with van der Waals surface area (Å²) in [5, 5.41) is 22.6. The van der Waals surface area contributed by atoms with Crippen molar-refractivity contribution in [1.82, 2.24) is 10.6 Å². The van der Waals surface area contributed by atoms with Crippen LogP contribution in [0, 0.1) is 0 Å². The summed E-state index contributed by atoms with van der Waals surface area (Å²) < 4.78 is 5.62. The van der Waals surface area contributed by atoms with Crippen LogP contribution in [0.5, 0.6) is 5.75 Å². The van der Waals surface area contributed by atoms with E-state index in [0.29, 0.717) is 11.3 Å². The zero-order valence-electron chi connectivity index (χ0n) is 14.0. The molecule has 0 saturated carbocycles. The predicted molar refractivity (Wildman–Crippen MR) is 94.4 cm³/mol. The lowest BCUT2D eigenvalue weighted by molar-refractivity contribution is -0.132. The Morgan fingerprint density at radius 2 is 1.74 bits per heavy atom. The van der Waals surface area contributed by atoms with Crippen LogP contribution in [0.3, 0.4) is 0 Å². The van der Waals surface area contributed by atoms with E-state index in [4.69, 9.17) is 9.84 Å².